The third-order valence-corrected chi connectivity index (χ3v) is 2.65. The van der Waals surface area contributed by atoms with Gasteiger partial charge in [-0.25, -0.2) is 0 Å². The van der Waals surface area contributed by atoms with Crippen molar-refractivity contribution in [1.29, 1.82) is 0 Å². The van der Waals surface area contributed by atoms with Crippen molar-refractivity contribution in [2.24, 2.45) is 0 Å². The van der Waals surface area contributed by atoms with Crippen LogP contribution in [0.3, 0.4) is 0 Å². The van der Waals surface area contributed by atoms with E-state index in [1.165, 1.54) is 5.56 Å². The van der Waals surface area contributed by atoms with Gasteiger partial charge in [-0.15, -0.1) is 0 Å². The van der Waals surface area contributed by atoms with Gasteiger partial charge >= 0.3 is 5.97 Å². The standard InChI is InChI=1S/C15H21NO3/c1-3-19-15(18)10-9-14(17)12-16(2)11-13-7-5-4-6-8-13/h4-8H,3,9-12H2,1-2H3. The van der Waals surface area contributed by atoms with Gasteiger partial charge in [-0.05, 0) is 19.5 Å². The van der Waals surface area contributed by atoms with Crippen LogP contribution >= 0.6 is 0 Å². The van der Waals surface area contributed by atoms with Gasteiger partial charge in [-0.2, -0.15) is 0 Å². The number of nitrogens with zero attached hydrogens (tertiary/aromatic N) is 1. The van der Waals surface area contributed by atoms with Gasteiger partial charge in [0.1, 0.15) is 5.78 Å². The molecular formula is C15H21NO3. The fourth-order valence-corrected chi connectivity index (χ4v) is 1.81. The predicted octanol–water partition coefficient (Wildman–Crippen LogP) is 2.03. The SMILES string of the molecule is CCOC(=O)CCC(=O)CN(C)Cc1ccccc1. The first kappa shape index (κ1) is 15.4. The molecule has 0 bridgehead atoms. The van der Waals surface area contributed by atoms with E-state index in [9.17, 15) is 9.59 Å². The van der Waals surface area contributed by atoms with E-state index in [2.05, 4.69) is 0 Å². The van der Waals surface area contributed by atoms with Crippen molar-refractivity contribution in [3.63, 3.8) is 0 Å². The number of Topliss-reactive ketones (excluding diaryl/α,β-unsaturated/α-hetero) is 1. The second-order valence-electron chi connectivity index (χ2n) is 4.50. The van der Waals surface area contributed by atoms with Crippen molar-refractivity contribution in [2.45, 2.75) is 26.3 Å². The molecule has 4 nitrogen and oxygen atoms in total. The van der Waals surface area contributed by atoms with E-state index in [0.717, 1.165) is 6.54 Å². The van der Waals surface area contributed by atoms with Crippen molar-refractivity contribution < 1.29 is 14.3 Å². The molecule has 0 amide bonds. The Bertz CT molecular complexity index is 403. The quantitative estimate of drug-likeness (QED) is 0.673. The van der Waals surface area contributed by atoms with Crippen molar-refractivity contribution >= 4 is 11.8 Å². The summed E-state index contributed by atoms with van der Waals surface area (Å²) in [5, 5.41) is 0. The Morgan fingerprint density at radius 2 is 1.84 bits per heavy atom. The van der Waals surface area contributed by atoms with Crippen molar-refractivity contribution in [1.82, 2.24) is 4.90 Å². The van der Waals surface area contributed by atoms with E-state index in [4.69, 9.17) is 4.74 Å². The molecule has 0 aliphatic rings. The Morgan fingerprint density at radius 3 is 2.47 bits per heavy atom. The number of rotatable bonds is 8. The van der Waals surface area contributed by atoms with Gasteiger partial charge in [0.2, 0.25) is 0 Å². The van der Waals surface area contributed by atoms with Crippen LogP contribution in [-0.4, -0.2) is 36.9 Å². The molecule has 4 heteroatoms. The van der Waals surface area contributed by atoms with Crippen LogP contribution in [0.2, 0.25) is 0 Å². The molecule has 19 heavy (non-hydrogen) atoms. The molecular weight excluding hydrogens is 242 g/mol. The summed E-state index contributed by atoms with van der Waals surface area (Å²) in [7, 11) is 1.90. The molecule has 0 N–H and O–H groups in total. The highest BCUT2D eigenvalue weighted by atomic mass is 16.5. The number of hydrogen-bond acceptors (Lipinski definition) is 4. The molecule has 0 aromatic heterocycles. The smallest absolute Gasteiger partial charge is 0.306 e. The summed E-state index contributed by atoms with van der Waals surface area (Å²) in [6.45, 7) is 3.20. The van der Waals surface area contributed by atoms with Crippen LogP contribution in [0.4, 0.5) is 0 Å². The molecule has 0 aliphatic carbocycles. The number of ether oxygens (including phenoxy) is 1. The lowest BCUT2D eigenvalue weighted by molar-refractivity contribution is -0.144. The van der Waals surface area contributed by atoms with Gasteiger partial charge in [-0.3, -0.25) is 14.5 Å². The molecule has 0 aliphatic heterocycles. The summed E-state index contributed by atoms with van der Waals surface area (Å²) >= 11 is 0. The highest BCUT2D eigenvalue weighted by molar-refractivity contribution is 5.84. The number of likely N-dealkylation sites (N-methyl/N-ethyl adjacent to an activating group) is 1. The van der Waals surface area contributed by atoms with Crippen LogP contribution in [0.15, 0.2) is 30.3 Å². The molecule has 0 saturated carbocycles. The number of esters is 1. The fraction of sp³-hybridized carbons (Fsp3) is 0.467. The molecule has 1 aromatic rings. The summed E-state index contributed by atoms with van der Waals surface area (Å²) in [5.74, 6) is -0.243. The zero-order chi connectivity index (χ0) is 14.1. The first-order valence-electron chi connectivity index (χ1n) is 6.51. The van der Waals surface area contributed by atoms with Crippen LogP contribution in [0.1, 0.15) is 25.3 Å². The maximum absolute atomic E-state index is 11.7. The molecule has 0 heterocycles. The van der Waals surface area contributed by atoms with Crippen LogP contribution < -0.4 is 0 Å². The molecule has 0 saturated heterocycles. The molecule has 1 aromatic carbocycles. The van der Waals surface area contributed by atoms with Gasteiger partial charge in [0.25, 0.3) is 0 Å². The molecule has 0 fully saturated rings. The minimum absolute atomic E-state index is 0.0616. The van der Waals surface area contributed by atoms with Gasteiger partial charge < -0.3 is 4.74 Å². The Hall–Kier alpha value is -1.68. The van der Waals surface area contributed by atoms with Crippen LogP contribution in [0.25, 0.3) is 0 Å². The van der Waals surface area contributed by atoms with Gasteiger partial charge in [-0.1, -0.05) is 30.3 Å². The summed E-state index contributed by atoms with van der Waals surface area (Å²) in [4.78, 5) is 24.8. The lowest BCUT2D eigenvalue weighted by Gasteiger charge is -2.15. The average Bonchev–Trinajstić information content (AvgIpc) is 2.38. The summed E-state index contributed by atoms with van der Waals surface area (Å²) < 4.78 is 4.79. The molecule has 0 radical (unpaired) electrons. The molecule has 104 valence electrons. The van der Waals surface area contributed by atoms with E-state index < -0.39 is 0 Å². The van der Waals surface area contributed by atoms with Gasteiger partial charge in [0.15, 0.2) is 0 Å². The third-order valence-electron chi connectivity index (χ3n) is 2.65. The average molecular weight is 263 g/mol. The van der Waals surface area contributed by atoms with Crippen LogP contribution in [0.5, 0.6) is 0 Å². The Kier molecular flexibility index (Phi) is 6.82. The monoisotopic (exact) mass is 263 g/mol. The fourth-order valence-electron chi connectivity index (χ4n) is 1.81. The Morgan fingerprint density at radius 1 is 1.16 bits per heavy atom. The minimum atomic E-state index is -0.304. The van der Waals surface area contributed by atoms with Crippen LogP contribution in [-0.2, 0) is 20.9 Å². The number of hydrogen-bond donors (Lipinski definition) is 0. The Balaban J connectivity index is 2.26. The zero-order valence-electron chi connectivity index (χ0n) is 11.6. The number of benzene rings is 1. The first-order chi connectivity index (χ1) is 9.11. The summed E-state index contributed by atoms with van der Waals surface area (Å²) in [5.41, 5.74) is 1.17. The zero-order valence-corrected chi connectivity index (χ0v) is 11.6. The van der Waals surface area contributed by atoms with E-state index >= 15 is 0 Å². The first-order valence-corrected chi connectivity index (χ1v) is 6.51. The third kappa shape index (κ3) is 6.72. The lowest BCUT2D eigenvalue weighted by Crippen LogP contribution is -2.26. The second kappa shape index (κ2) is 8.43. The predicted molar refractivity (Wildman–Crippen MR) is 73.7 cm³/mol. The van der Waals surface area contributed by atoms with Crippen molar-refractivity contribution in [3.05, 3.63) is 35.9 Å². The molecule has 0 unspecified atom stereocenters. The lowest BCUT2D eigenvalue weighted by atomic mass is 10.2. The topological polar surface area (TPSA) is 46.6 Å². The highest BCUT2D eigenvalue weighted by Crippen LogP contribution is 2.03. The minimum Gasteiger partial charge on any atom is -0.466 e. The van der Waals surface area contributed by atoms with E-state index in [1.54, 1.807) is 6.92 Å². The second-order valence-corrected chi connectivity index (χ2v) is 4.50. The Labute approximate surface area is 114 Å². The van der Waals surface area contributed by atoms with E-state index in [1.807, 2.05) is 42.3 Å². The van der Waals surface area contributed by atoms with E-state index in [-0.39, 0.29) is 24.6 Å². The van der Waals surface area contributed by atoms with Crippen molar-refractivity contribution in [3.8, 4) is 0 Å². The summed E-state index contributed by atoms with van der Waals surface area (Å²) in [6, 6.07) is 9.98. The van der Waals surface area contributed by atoms with Crippen LogP contribution in [0, 0.1) is 0 Å². The number of ketones is 1. The molecule has 1 rings (SSSR count). The largest absolute Gasteiger partial charge is 0.466 e. The molecule has 0 spiro atoms. The maximum Gasteiger partial charge on any atom is 0.306 e. The number of carbonyl (C=O) groups excluding carboxylic acids is 2. The number of carbonyl (C=O) groups is 2. The van der Waals surface area contributed by atoms with Gasteiger partial charge in [0, 0.05) is 13.0 Å². The maximum atomic E-state index is 11.7. The van der Waals surface area contributed by atoms with Crippen molar-refractivity contribution in [2.75, 3.05) is 20.2 Å². The molecule has 0 atom stereocenters. The normalized spacial score (nSPS) is 10.5. The highest BCUT2D eigenvalue weighted by Gasteiger charge is 2.10. The van der Waals surface area contributed by atoms with E-state index in [0.29, 0.717) is 13.2 Å². The van der Waals surface area contributed by atoms with Gasteiger partial charge in [0.05, 0.1) is 19.6 Å². The summed E-state index contributed by atoms with van der Waals surface area (Å²) in [6.07, 6.45) is 0.420.